The number of ether oxygens (including phenoxy) is 1. The molecule has 108 valence electrons. The number of nitrogens with zero attached hydrogens (tertiary/aromatic N) is 1. The Labute approximate surface area is 122 Å². The molecule has 0 atom stereocenters. The zero-order chi connectivity index (χ0) is 15.5. The molecule has 0 aliphatic carbocycles. The Balaban J connectivity index is 2.27. The summed E-state index contributed by atoms with van der Waals surface area (Å²) in [5, 5.41) is 8.72. The van der Waals surface area contributed by atoms with Gasteiger partial charge in [-0.2, -0.15) is 5.26 Å². The normalized spacial score (nSPS) is 10.9. The van der Waals surface area contributed by atoms with Gasteiger partial charge in [0.05, 0.1) is 22.2 Å². The highest BCUT2D eigenvalue weighted by Crippen LogP contribution is 2.29. The van der Waals surface area contributed by atoms with E-state index in [1.54, 1.807) is 24.3 Å². The number of nitriles is 1. The van der Waals surface area contributed by atoms with E-state index >= 15 is 0 Å². The highest BCUT2D eigenvalue weighted by molar-refractivity contribution is 7.89. The van der Waals surface area contributed by atoms with Crippen LogP contribution >= 0.6 is 0 Å². The van der Waals surface area contributed by atoms with Gasteiger partial charge in [0.15, 0.2) is 0 Å². The summed E-state index contributed by atoms with van der Waals surface area (Å²) in [5.41, 5.74) is 6.53. The fourth-order valence-corrected chi connectivity index (χ4v) is 2.39. The molecule has 0 fully saturated rings. The molecule has 0 aromatic heterocycles. The van der Waals surface area contributed by atoms with Gasteiger partial charge in [0, 0.05) is 0 Å². The number of rotatable bonds is 4. The first-order valence-corrected chi connectivity index (χ1v) is 7.45. The second-order valence-electron chi connectivity index (χ2n) is 4.15. The average molecular weight is 303 g/mol. The van der Waals surface area contributed by atoms with Gasteiger partial charge in [-0.1, -0.05) is 0 Å². The molecule has 0 saturated carbocycles. The zero-order valence-corrected chi connectivity index (χ0v) is 12.0. The number of anilines is 1. The fraction of sp³-hybridized carbons (Fsp3) is 0.0714. The van der Waals surface area contributed by atoms with Gasteiger partial charge in [-0.15, -0.1) is 0 Å². The number of benzene rings is 2. The van der Waals surface area contributed by atoms with E-state index < -0.39 is 10.0 Å². The minimum absolute atomic E-state index is 0.0645. The van der Waals surface area contributed by atoms with Crippen molar-refractivity contribution in [3.63, 3.8) is 0 Å². The van der Waals surface area contributed by atoms with Crippen LogP contribution in [0.1, 0.15) is 5.56 Å². The molecule has 7 heteroatoms. The number of nitrogens with one attached hydrogen (secondary N) is 1. The number of hydrogen-bond donors (Lipinski definition) is 2. The number of nitrogens with two attached hydrogens (primary N) is 1. The molecule has 0 amide bonds. The van der Waals surface area contributed by atoms with Crippen molar-refractivity contribution in [1.82, 2.24) is 4.72 Å². The predicted molar refractivity (Wildman–Crippen MR) is 78.3 cm³/mol. The number of hydrogen-bond acceptors (Lipinski definition) is 5. The van der Waals surface area contributed by atoms with Crippen LogP contribution in [0.15, 0.2) is 47.4 Å². The van der Waals surface area contributed by atoms with Crippen LogP contribution in [-0.4, -0.2) is 15.5 Å². The molecule has 2 aromatic rings. The maximum absolute atomic E-state index is 11.7. The molecule has 6 nitrogen and oxygen atoms in total. The minimum atomic E-state index is -3.54. The molecule has 0 spiro atoms. The lowest BCUT2D eigenvalue weighted by molar-refractivity contribution is 0.484. The Morgan fingerprint density at radius 2 is 1.86 bits per heavy atom. The summed E-state index contributed by atoms with van der Waals surface area (Å²) in [7, 11) is -2.21. The van der Waals surface area contributed by atoms with E-state index in [-0.39, 0.29) is 10.6 Å². The molecule has 0 bridgehead atoms. The van der Waals surface area contributed by atoms with Crippen molar-refractivity contribution in [3.05, 3.63) is 48.0 Å². The lowest BCUT2D eigenvalue weighted by Crippen LogP contribution is -2.18. The van der Waals surface area contributed by atoms with Crippen molar-refractivity contribution < 1.29 is 13.2 Å². The summed E-state index contributed by atoms with van der Waals surface area (Å²) < 4.78 is 31.1. The van der Waals surface area contributed by atoms with E-state index in [0.717, 1.165) is 0 Å². The van der Waals surface area contributed by atoms with Gasteiger partial charge in [-0.05, 0) is 49.5 Å². The second-order valence-corrected chi connectivity index (χ2v) is 6.03. The molecule has 0 radical (unpaired) electrons. The van der Waals surface area contributed by atoms with Gasteiger partial charge in [0.1, 0.15) is 11.5 Å². The maximum Gasteiger partial charge on any atom is 0.240 e. The van der Waals surface area contributed by atoms with Crippen LogP contribution < -0.4 is 15.2 Å². The summed E-state index contributed by atoms with van der Waals surface area (Å²) in [4.78, 5) is 0.0645. The lowest BCUT2D eigenvalue weighted by Gasteiger charge is -2.10. The quantitative estimate of drug-likeness (QED) is 0.838. The molecule has 3 N–H and O–H groups in total. The minimum Gasteiger partial charge on any atom is -0.455 e. The Morgan fingerprint density at radius 3 is 2.38 bits per heavy atom. The topological polar surface area (TPSA) is 105 Å². The van der Waals surface area contributed by atoms with E-state index in [1.807, 2.05) is 6.07 Å². The summed E-state index contributed by atoms with van der Waals surface area (Å²) in [6.07, 6.45) is 0. The van der Waals surface area contributed by atoms with Crippen LogP contribution in [0.5, 0.6) is 11.5 Å². The van der Waals surface area contributed by atoms with Crippen LogP contribution in [0.4, 0.5) is 5.69 Å². The van der Waals surface area contributed by atoms with Crippen LogP contribution in [0.3, 0.4) is 0 Å². The van der Waals surface area contributed by atoms with E-state index in [0.29, 0.717) is 17.1 Å². The molecule has 21 heavy (non-hydrogen) atoms. The van der Waals surface area contributed by atoms with E-state index in [4.69, 9.17) is 15.7 Å². The van der Waals surface area contributed by atoms with Gasteiger partial charge in [-0.25, -0.2) is 13.1 Å². The Hall–Kier alpha value is -2.56. The molecule has 0 aliphatic heterocycles. The smallest absolute Gasteiger partial charge is 0.240 e. The lowest BCUT2D eigenvalue weighted by atomic mass is 10.2. The summed E-state index contributed by atoms with van der Waals surface area (Å²) >= 11 is 0. The Bertz CT molecular complexity index is 793. The van der Waals surface area contributed by atoms with Crippen LogP contribution in [-0.2, 0) is 10.0 Å². The van der Waals surface area contributed by atoms with Gasteiger partial charge in [-0.3, -0.25) is 0 Å². The highest BCUT2D eigenvalue weighted by atomic mass is 32.2. The van der Waals surface area contributed by atoms with Gasteiger partial charge in [0.25, 0.3) is 0 Å². The standard InChI is InChI=1S/C14H13N3O3S/c1-17-21(18,19)12-6-7-14(13(16)8-12)20-11-4-2-10(9-15)3-5-11/h2-8,17H,16H2,1H3. The van der Waals surface area contributed by atoms with Crippen molar-refractivity contribution in [2.24, 2.45) is 0 Å². The van der Waals surface area contributed by atoms with Crippen molar-refractivity contribution in [2.45, 2.75) is 4.90 Å². The highest BCUT2D eigenvalue weighted by Gasteiger charge is 2.13. The maximum atomic E-state index is 11.7. The zero-order valence-electron chi connectivity index (χ0n) is 11.2. The second kappa shape index (κ2) is 5.83. The summed E-state index contributed by atoms with van der Waals surface area (Å²) in [6.45, 7) is 0. The van der Waals surface area contributed by atoms with Gasteiger partial charge >= 0.3 is 0 Å². The third-order valence-corrected chi connectivity index (χ3v) is 4.18. The third kappa shape index (κ3) is 3.31. The molecular weight excluding hydrogens is 290 g/mol. The van der Waals surface area contributed by atoms with E-state index in [1.165, 1.54) is 25.2 Å². The van der Waals surface area contributed by atoms with Crippen molar-refractivity contribution in [1.29, 1.82) is 5.26 Å². The van der Waals surface area contributed by atoms with Gasteiger partial charge in [0.2, 0.25) is 10.0 Å². The molecule has 2 rings (SSSR count). The van der Waals surface area contributed by atoms with E-state index in [2.05, 4.69) is 4.72 Å². The average Bonchev–Trinajstić information content (AvgIpc) is 2.50. The van der Waals surface area contributed by atoms with Crippen molar-refractivity contribution in [3.8, 4) is 17.6 Å². The third-order valence-electron chi connectivity index (χ3n) is 2.77. The molecule has 0 saturated heterocycles. The fourth-order valence-electron chi connectivity index (χ4n) is 1.63. The molecule has 0 aliphatic rings. The summed E-state index contributed by atoms with van der Waals surface area (Å²) in [6, 6.07) is 12.7. The van der Waals surface area contributed by atoms with Crippen LogP contribution in [0.25, 0.3) is 0 Å². The first-order chi connectivity index (χ1) is 9.96. The number of nitrogen functional groups attached to an aromatic ring is 1. The molecule has 2 aromatic carbocycles. The first-order valence-electron chi connectivity index (χ1n) is 5.97. The number of sulfonamides is 1. The van der Waals surface area contributed by atoms with Gasteiger partial charge < -0.3 is 10.5 Å². The first kappa shape index (κ1) is 14.8. The van der Waals surface area contributed by atoms with Crippen LogP contribution in [0, 0.1) is 11.3 Å². The van der Waals surface area contributed by atoms with Crippen molar-refractivity contribution in [2.75, 3.05) is 12.8 Å². The Kier molecular flexibility index (Phi) is 4.12. The van der Waals surface area contributed by atoms with Crippen LogP contribution in [0.2, 0.25) is 0 Å². The largest absolute Gasteiger partial charge is 0.455 e. The Morgan fingerprint density at radius 1 is 1.19 bits per heavy atom. The van der Waals surface area contributed by atoms with E-state index in [9.17, 15) is 8.42 Å². The molecular formula is C14H13N3O3S. The van der Waals surface area contributed by atoms with Crippen molar-refractivity contribution >= 4 is 15.7 Å². The summed E-state index contributed by atoms with van der Waals surface area (Å²) in [5.74, 6) is 0.847. The predicted octanol–water partition coefficient (Wildman–Crippen LogP) is 1.84. The molecule has 0 heterocycles. The molecule has 0 unspecified atom stereocenters. The monoisotopic (exact) mass is 303 g/mol. The SMILES string of the molecule is CNS(=O)(=O)c1ccc(Oc2ccc(C#N)cc2)c(N)c1.